The number of ether oxygens (including phenoxy) is 1. The summed E-state index contributed by atoms with van der Waals surface area (Å²) < 4.78 is 6.38. The molecule has 0 radical (unpaired) electrons. The zero-order valence-corrected chi connectivity index (χ0v) is 7.84. The van der Waals surface area contributed by atoms with E-state index in [1.807, 2.05) is 0 Å². The number of carboxylic acids is 1. The molecule has 1 aliphatic rings. The topological polar surface area (TPSA) is 80.6 Å². The van der Waals surface area contributed by atoms with Crippen LogP contribution in [0.3, 0.4) is 0 Å². The zero-order chi connectivity index (χ0) is 10.8. The Morgan fingerprint density at radius 2 is 2.40 bits per heavy atom. The minimum atomic E-state index is -1.05. The van der Waals surface area contributed by atoms with E-state index in [1.165, 1.54) is 22.9 Å². The van der Waals surface area contributed by atoms with Gasteiger partial charge < -0.3 is 9.84 Å². The van der Waals surface area contributed by atoms with Crippen LogP contribution in [-0.4, -0.2) is 29.0 Å². The quantitative estimate of drug-likeness (QED) is 0.695. The van der Waals surface area contributed by atoms with Gasteiger partial charge in [0.15, 0.2) is 0 Å². The molecule has 0 aromatic carbocycles. The summed E-state index contributed by atoms with van der Waals surface area (Å²) in [5.41, 5.74) is -0.161. The lowest BCUT2D eigenvalue weighted by molar-refractivity contribution is 0.0695. The monoisotopic (exact) mass is 210 g/mol. The van der Waals surface area contributed by atoms with Gasteiger partial charge in [0, 0.05) is 12.3 Å². The minimum absolute atomic E-state index is 0.0864. The van der Waals surface area contributed by atoms with Gasteiger partial charge in [-0.15, -0.1) is 0 Å². The second-order valence-electron chi connectivity index (χ2n) is 3.20. The lowest BCUT2D eigenvalue weighted by Crippen LogP contribution is -2.31. The average Bonchev–Trinajstić information content (AvgIpc) is 2.71. The van der Waals surface area contributed by atoms with Crippen LogP contribution in [0.1, 0.15) is 16.5 Å². The summed E-state index contributed by atoms with van der Waals surface area (Å²) in [6.07, 6.45) is 1.04. The van der Waals surface area contributed by atoms with Crippen LogP contribution < -0.4 is 10.9 Å². The highest BCUT2D eigenvalue weighted by Gasteiger charge is 2.18. The molecule has 1 fully saturated rings. The molecule has 1 aliphatic heterocycles. The first-order chi connectivity index (χ1) is 7.18. The standard InChI is InChI=1S/C9H10N2O4/c12-8-2-1-6(9(13)14)3-11(8)7-4-15-5-10-7/h1-3,7,10H,4-5H2,(H,13,14). The summed E-state index contributed by atoms with van der Waals surface area (Å²) in [7, 11) is 0. The molecule has 0 spiro atoms. The van der Waals surface area contributed by atoms with Crippen molar-refractivity contribution in [3.05, 3.63) is 34.2 Å². The molecule has 1 aromatic rings. The fourth-order valence-electron chi connectivity index (χ4n) is 1.44. The summed E-state index contributed by atoms with van der Waals surface area (Å²) in [6.45, 7) is 0.734. The summed E-state index contributed by atoms with van der Waals surface area (Å²) in [6, 6.07) is 2.53. The van der Waals surface area contributed by atoms with Crippen LogP contribution >= 0.6 is 0 Å². The lowest BCUT2D eigenvalue weighted by Gasteiger charge is -2.12. The van der Waals surface area contributed by atoms with Gasteiger partial charge in [-0.2, -0.15) is 0 Å². The smallest absolute Gasteiger partial charge is 0.337 e. The first-order valence-electron chi connectivity index (χ1n) is 4.45. The number of aromatic carboxylic acids is 1. The summed E-state index contributed by atoms with van der Waals surface area (Å²) in [5, 5.41) is 11.7. The van der Waals surface area contributed by atoms with Gasteiger partial charge in [-0.1, -0.05) is 0 Å². The molecule has 80 valence electrons. The van der Waals surface area contributed by atoms with Crippen molar-refractivity contribution in [1.29, 1.82) is 0 Å². The predicted octanol–water partition coefficient (Wildman–Crippen LogP) is -0.378. The van der Waals surface area contributed by atoms with Crippen molar-refractivity contribution in [2.75, 3.05) is 13.3 Å². The van der Waals surface area contributed by atoms with Gasteiger partial charge in [-0.25, -0.2) is 4.79 Å². The van der Waals surface area contributed by atoms with E-state index in [1.54, 1.807) is 0 Å². The van der Waals surface area contributed by atoms with Crippen molar-refractivity contribution in [2.24, 2.45) is 0 Å². The van der Waals surface area contributed by atoms with E-state index in [0.717, 1.165) is 0 Å². The van der Waals surface area contributed by atoms with Crippen LogP contribution in [0.25, 0.3) is 0 Å². The molecule has 1 atom stereocenters. The van der Waals surface area contributed by atoms with Crippen molar-refractivity contribution in [3.63, 3.8) is 0 Å². The SMILES string of the molecule is O=C(O)c1ccc(=O)n(C2COCN2)c1. The number of carboxylic acid groups (broad SMARTS) is 1. The van der Waals surface area contributed by atoms with E-state index in [2.05, 4.69) is 5.32 Å². The van der Waals surface area contributed by atoms with Crippen LogP contribution in [0, 0.1) is 0 Å². The van der Waals surface area contributed by atoms with Crippen LogP contribution in [-0.2, 0) is 4.74 Å². The predicted molar refractivity (Wildman–Crippen MR) is 50.7 cm³/mol. The maximum atomic E-state index is 11.5. The number of rotatable bonds is 2. The number of nitrogens with one attached hydrogen (secondary N) is 1. The van der Waals surface area contributed by atoms with Crippen molar-refractivity contribution in [1.82, 2.24) is 9.88 Å². The molecule has 0 bridgehead atoms. The Kier molecular flexibility index (Phi) is 2.53. The van der Waals surface area contributed by atoms with Gasteiger partial charge in [-0.05, 0) is 6.07 Å². The summed E-state index contributed by atoms with van der Waals surface area (Å²) in [5.74, 6) is -1.05. The molecule has 0 amide bonds. The molecule has 1 saturated heterocycles. The zero-order valence-electron chi connectivity index (χ0n) is 7.84. The number of carbonyl (C=O) groups is 1. The highest BCUT2D eigenvalue weighted by Crippen LogP contribution is 2.07. The van der Waals surface area contributed by atoms with Crippen molar-refractivity contribution < 1.29 is 14.6 Å². The Morgan fingerprint density at radius 3 is 3.00 bits per heavy atom. The van der Waals surface area contributed by atoms with Gasteiger partial charge in [0.05, 0.1) is 18.9 Å². The second kappa shape index (κ2) is 3.84. The highest BCUT2D eigenvalue weighted by atomic mass is 16.5. The Bertz CT molecular complexity index is 434. The Morgan fingerprint density at radius 1 is 1.60 bits per heavy atom. The highest BCUT2D eigenvalue weighted by molar-refractivity contribution is 5.87. The van der Waals surface area contributed by atoms with E-state index in [0.29, 0.717) is 13.3 Å². The number of hydrogen-bond donors (Lipinski definition) is 2. The number of aromatic nitrogens is 1. The molecule has 2 heterocycles. The second-order valence-corrected chi connectivity index (χ2v) is 3.20. The van der Waals surface area contributed by atoms with E-state index in [4.69, 9.17) is 9.84 Å². The van der Waals surface area contributed by atoms with Crippen LogP contribution in [0.4, 0.5) is 0 Å². The van der Waals surface area contributed by atoms with Crippen molar-refractivity contribution in [2.45, 2.75) is 6.17 Å². The maximum Gasteiger partial charge on any atom is 0.337 e. The lowest BCUT2D eigenvalue weighted by atomic mass is 10.3. The molecule has 6 heteroatoms. The fraction of sp³-hybridized carbons (Fsp3) is 0.333. The Labute approximate surface area is 85.1 Å². The Hall–Kier alpha value is -1.66. The largest absolute Gasteiger partial charge is 0.478 e. The van der Waals surface area contributed by atoms with E-state index in [9.17, 15) is 9.59 Å². The van der Waals surface area contributed by atoms with Crippen molar-refractivity contribution in [3.8, 4) is 0 Å². The third-order valence-corrected chi connectivity index (χ3v) is 2.22. The first-order valence-corrected chi connectivity index (χ1v) is 4.45. The fourth-order valence-corrected chi connectivity index (χ4v) is 1.44. The van der Waals surface area contributed by atoms with Gasteiger partial charge in [-0.3, -0.25) is 14.7 Å². The van der Waals surface area contributed by atoms with Gasteiger partial charge in [0.25, 0.3) is 5.56 Å². The number of nitrogens with zero attached hydrogens (tertiary/aromatic N) is 1. The number of pyridine rings is 1. The van der Waals surface area contributed by atoms with Crippen LogP contribution in [0.5, 0.6) is 0 Å². The van der Waals surface area contributed by atoms with Gasteiger partial charge in [0.1, 0.15) is 6.17 Å². The van der Waals surface area contributed by atoms with Crippen LogP contribution in [0.2, 0.25) is 0 Å². The summed E-state index contributed by atoms with van der Waals surface area (Å²) >= 11 is 0. The van der Waals surface area contributed by atoms with Gasteiger partial charge >= 0.3 is 5.97 Å². The van der Waals surface area contributed by atoms with E-state index in [-0.39, 0.29) is 17.3 Å². The van der Waals surface area contributed by atoms with E-state index >= 15 is 0 Å². The Balaban J connectivity index is 2.40. The third-order valence-electron chi connectivity index (χ3n) is 2.22. The maximum absolute atomic E-state index is 11.5. The molecule has 15 heavy (non-hydrogen) atoms. The molecule has 0 aliphatic carbocycles. The van der Waals surface area contributed by atoms with Gasteiger partial charge in [0.2, 0.25) is 0 Å². The normalized spacial score (nSPS) is 20.4. The summed E-state index contributed by atoms with van der Waals surface area (Å²) in [4.78, 5) is 22.2. The third kappa shape index (κ3) is 1.90. The van der Waals surface area contributed by atoms with E-state index < -0.39 is 5.97 Å². The molecule has 1 aromatic heterocycles. The van der Waals surface area contributed by atoms with Crippen molar-refractivity contribution >= 4 is 5.97 Å². The minimum Gasteiger partial charge on any atom is -0.478 e. The molecule has 2 N–H and O–H groups in total. The molecule has 0 saturated carbocycles. The molecule has 6 nitrogen and oxygen atoms in total. The molecule has 2 rings (SSSR count). The molecular weight excluding hydrogens is 200 g/mol. The van der Waals surface area contributed by atoms with Crippen LogP contribution in [0.15, 0.2) is 23.1 Å². The number of hydrogen-bond acceptors (Lipinski definition) is 4. The average molecular weight is 210 g/mol. The first kappa shape index (κ1) is 9.88. The molecular formula is C9H10N2O4. The molecule has 1 unspecified atom stereocenters.